The van der Waals surface area contributed by atoms with E-state index in [-0.39, 0.29) is 0 Å². The number of rotatable bonds is 1. The van der Waals surface area contributed by atoms with Crippen LogP contribution < -0.4 is 15.5 Å². The summed E-state index contributed by atoms with van der Waals surface area (Å²) in [5, 5.41) is 6.63. The number of hydrogen-bond donors (Lipinski definition) is 3. The smallest absolute Gasteiger partial charge is 0.229 e. The van der Waals surface area contributed by atoms with Gasteiger partial charge in [-0.2, -0.15) is 4.98 Å². The van der Waals surface area contributed by atoms with E-state index in [4.69, 9.17) is 9.76 Å². The molecule has 0 saturated carbocycles. The first-order chi connectivity index (χ1) is 13.5. The first kappa shape index (κ1) is 18.9. The van der Waals surface area contributed by atoms with Crippen molar-refractivity contribution >= 4 is 32.9 Å². The van der Waals surface area contributed by atoms with E-state index in [9.17, 15) is 4.21 Å². The molecule has 1 aromatic heterocycles. The zero-order chi connectivity index (χ0) is 19.6. The molecule has 1 aromatic carbocycles. The quantitative estimate of drug-likeness (QED) is 0.676. The Labute approximate surface area is 166 Å². The number of fused-ring (bicyclic) bond motifs is 4. The van der Waals surface area contributed by atoms with Crippen LogP contribution in [0.2, 0.25) is 0 Å². The predicted molar refractivity (Wildman–Crippen MR) is 113 cm³/mol. The maximum atomic E-state index is 12.8. The fourth-order valence-corrected chi connectivity index (χ4v) is 4.97. The Bertz CT molecular complexity index is 939. The summed E-state index contributed by atoms with van der Waals surface area (Å²) in [5.41, 5.74) is 1.77. The van der Waals surface area contributed by atoms with E-state index in [2.05, 4.69) is 32.5 Å². The van der Waals surface area contributed by atoms with E-state index in [1.165, 1.54) is 0 Å². The van der Waals surface area contributed by atoms with Gasteiger partial charge in [-0.25, -0.2) is 14.0 Å². The number of anilines is 4. The lowest BCUT2D eigenvalue weighted by atomic mass is 10.3. The van der Waals surface area contributed by atoms with Gasteiger partial charge in [-0.1, -0.05) is 6.07 Å². The molecule has 9 heteroatoms. The standard InChI is InChI=1S/C19H27N7OS/c1-25-8-10-26(11-9-25)17-14-22-19-23-15-5-4-6-16(13-15)28(20,27)12-3-2-7-21-18(17)24-19/h4-6,13-14,20H,2-3,7-12H2,1H3,(H2,21,22,23,24). The lowest BCUT2D eigenvalue weighted by Gasteiger charge is -2.34. The Morgan fingerprint density at radius 2 is 2.00 bits per heavy atom. The van der Waals surface area contributed by atoms with E-state index in [1.54, 1.807) is 12.1 Å². The van der Waals surface area contributed by atoms with Gasteiger partial charge < -0.3 is 20.4 Å². The summed E-state index contributed by atoms with van der Waals surface area (Å²) in [7, 11) is -0.649. The van der Waals surface area contributed by atoms with E-state index < -0.39 is 9.73 Å². The molecular weight excluding hydrogens is 374 g/mol. The molecule has 8 nitrogen and oxygen atoms in total. The molecule has 1 unspecified atom stereocenters. The van der Waals surface area contributed by atoms with Crippen LogP contribution >= 0.6 is 0 Å². The van der Waals surface area contributed by atoms with Gasteiger partial charge in [0.25, 0.3) is 0 Å². The summed E-state index contributed by atoms with van der Waals surface area (Å²) >= 11 is 0. The molecular formula is C19H27N7OS. The molecule has 0 radical (unpaired) electrons. The zero-order valence-corrected chi connectivity index (χ0v) is 17.0. The monoisotopic (exact) mass is 401 g/mol. The van der Waals surface area contributed by atoms with Crippen molar-refractivity contribution in [2.45, 2.75) is 17.7 Å². The van der Waals surface area contributed by atoms with Crippen LogP contribution in [0, 0.1) is 4.78 Å². The summed E-state index contributed by atoms with van der Waals surface area (Å²) in [6.45, 7) is 4.66. The van der Waals surface area contributed by atoms with Crippen molar-refractivity contribution in [1.82, 2.24) is 14.9 Å². The van der Waals surface area contributed by atoms with Gasteiger partial charge in [0.2, 0.25) is 5.95 Å². The van der Waals surface area contributed by atoms with Crippen LogP contribution in [0.25, 0.3) is 0 Å². The molecule has 3 heterocycles. The molecule has 3 N–H and O–H groups in total. The number of likely N-dealkylation sites (N-methyl/N-ethyl adjacent to an activating group) is 1. The molecule has 150 valence electrons. The second-order valence-electron chi connectivity index (χ2n) is 7.38. The number of nitrogens with zero attached hydrogens (tertiary/aromatic N) is 4. The SMILES string of the molecule is CN1CCN(c2cnc3nc2NCCCCS(=N)(=O)c2cccc(c2)N3)CC1. The molecule has 1 fully saturated rings. The maximum absolute atomic E-state index is 12.8. The van der Waals surface area contributed by atoms with Gasteiger partial charge in [0.05, 0.1) is 21.6 Å². The molecule has 0 spiro atoms. The molecule has 1 saturated heterocycles. The lowest BCUT2D eigenvalue weighted by molar-refractivity contribution is 0.313. The largest absolute Gasteiger partial charge is 0.368 e. The van der Waals surface area contributed by atoms with Crippen LogP contribution in [0.3, 0.4) is 0 Å². The Morgan fingerprint density at radius 1 is 1.18 bits per heavy atom. The van der Waals surface area contributed by atoms with Gasteiger partial charge in [-0.15, -0.1) is 0 Å². The Morgan fingerprint density at radius 3 is 2.82 bits per heavy atom. The Balaban J connectivity index is 1.66. The third-order valence-corrected chi connectivity index (χ3v) is 7.11. The van der Waals surface area contributed by atoms with Crippen molar-refractivity contribution in [3.63, 3.8) is 0 Å². The second kappa shape index (κ2) is 7.92. The molecule has 4 bridgehead atoms. The highest BCUT2D eigenvalue weighted by atomic mass is 32.2. The summed E-state index contributed by atoms with van der Waals surface area (Å²) in [6, 6.07) is 7.24. The van der Waals surface area contributed by atoms with Crippen molar-refractivity contribution in [3.8, 4) is 0 Å². The summed E-state index contributed by atoms with van der Waals surface area (Å²) in [5.74, 6) is 1.68. The topological polar surface area (TPSA) is 97.2 Å². The first-order valence-electron chi connectivity index (χ1n) is 9.69. The van der Waals surface area contributed by atoms with Crippen LogP contribution in [0.4, 0.5) is 23.1 Å². The average Bonchev–Trinajstić information content (AvgIpc) is 2.69. The highest BCUT2D eigenvalue weighted by Crippen LogP contribution is 2.27. The van der Waals surface area contributed by atoms with Gasteiger partial charge in [-0.3, -0.25) is 0 Å². The van der Waals surface area contributed by atoms with E-state index in [0.29, 0.717) is 16.6 Å². The minimum Gasteiger partial charge on any atom is -0.368 e. The van der Waals surface area contributed by atoms with Crippen LogP contribution in [0.1, 0.15) is 12.8 Å². The predicted octanol–water partition coefficient (Wildman–Crippen LogP) is 2.58. The average molecular weight is 402 g/mol. The molecule has 2 aliphatic heterocycles. The summed E-state index contributed by atoms with van der Waals surface area (Å²) in [4.78, 5) is 14.4. The third kappa shape index (κ3) is 4.20. The van der Waals surface area contributed by atoms with Gasteiger partial charge in [0.1, 0.15) is 0 Å². The summed E-state index contributed by atoms with van der Waals surface area (Å²) in [6.07, 6.45) is 3.44. The first-order valence-corrected chi connectivity index (χ1v) is 11.4. The van der Waals surface area contributed by atoms with Crippen molar-refractivity contribution in [2.24, 2.45) is 0 Å². The number of aromatic nitrogens is 2. The van der Waals surface area contributed by atoms with Crippen LogP contribution in [-0.2, 0) is 9.73 Å². The van der Waals surface area contributed by atoms with Crippen LogP contribution in [0.5, 0.6) is 0 Å². The van der Waals surface area contributed by atoms with Crippen molar-refractivity contribution in [2.75, 3.05) is 61.1 Å². The maximum Gasteiger partial charge on any atom is 0.229 e. The number of nitrogens with one attached hydrogen (secondary N) is 3. The molecule has 1 atom stereocenters. The highest BCUT2D eigenvalue weighted by molar-refractivity contribution is 7.92. The van der Waals surface area contributed by atoms with E-state index >= 15 is 0 Å². The summed E-state index contributed by atoms with van der Waals surface area (Å²) < 4.78 is 21.1. The van der Waals surface area contributed by atoms with E-state index in [1.807, 2.05) is 18.3 Å². The molecule has 2 aliphatic rings. The third-order valence-electron chi connectivity index (χ3n) is 5.24. The Kier molecular flexibility index (Phi) is 5.36. The lowest BCUT2D eigenvalue weighted by Crippen LogP contribution is -2.44. The normalized spacial score (nSPS) is 23.5. The molecule has 0 amide bonds. The van der Waals surface area contributed by atoms with Gasteiger partial charge in [0, 0.05) is 49.1 Å². The number of benzene rings is 1. The van der Waals surface area contributed by atoms with Crippen LogP contribution in [-0.4, -0.2) is 64.6 Å². The van der Waals surface area contributed by atoms with Gasteiger partial charge >= 0.3 is 0 Å². The molecule has 2 aromatic rings. The fourth-order valence-electron chi connectivity index (χ4n) is 3.51. The second-order valence-corrected chi connectivity index (χ2v) is 9.61. The van der Waals surface area contributed by atoms with Gasteiger partial charge in [-0.05, 0) is 38.1 Å². The fraction of sp³-hybridized carbons (Fsp3) is 0.474. The minimum absolute atomic E-state index is 0.368. The highest BCUT2D eigenvalue weighted by Gasteiger charge is 2.19. The molecule has 4 rings (SSSR count). The zero-order valence-electron chi connectivity index (χ0n) is 16.1. The van der Waals surface area contributed by atoms with Crippen molar-refractivity contribution < 1.29 is 4.21 Å². The van der Waals surface area contributed by atoms with Crippen LogP contribution in [0.15, 0.2) is 35.4 Å². The van der Waals surface area contributed by atoms with Crippen molar-refractivity contribution in [3.05, 3.63) is 30.5 Å². The number of piperazine rings is 1. The van der Waals surface area contributed by atoms with Gasteiger partial charge in [0.15, 0.2) is 5.82 Å². The minimum atomic E-state index is -2.79. The van der Waals surface area contributed by atoms with Crippen molar-refractivity contribution in [1.29, 1.82) is 4.78 Å². The van der Waals surface area contributed by atoms with E-state index in [0.717, 1.165) is 62.8 Å². The molecule has 28 heavy (non-hydrogen) atoms. The Hall–Kier alpha value is -2.39. The molecule has 0 aliphatic carbocycles. The number of hydrogen-bond acceptors (Lipinski definition) is 8.